The minimum Gasteiger partial charge on any atom is -0.463 e. The first-order valence-electron chi connectivity index (χ1n) is 7.25. The fraction of sp³-hybridized carbons (Fsp3) is 0.158. The van der Waals surface area contributed by atoms with E-state index in [2.05, 4.69) is 25.1 Å². The van der Waals surface area contributed by atoms with Crippen LogP contribution in [0.3, 0.4) is 0 Å². The highest BCUT2D eigenvalue weighted by molar-refractivity contribution is 5.91. The Morgan fingerprint density at radius 1 is 1.09 bits per heavy atom. The van der Waals surface area contributed by atoms with Gasteiger partial charge in [-0.2, -0.15) is 0 Å². The number of nitrogens with one attached hydrogen (secondary N) is 1. The van der Waals surface area contributed by atoms with E-state index in [1.807, 2.05) is 30.3 Å². The maximum absolute atomic E-state index is 11.8. The summed E-state index contributed by atoms with van der Waals surface area (Å²) in [5, 5.41) is 2.80. The number of hydrogen-bond acceptors (Lipinski definition) is 3. The Morgan fingerprint density at radius 2 is 1.78 bits per heavy atom. The molecule has 0 spiro atoms. The zero-order valence-corrected chi connectivity index (χ0v) is 13.1. The van der Waals surface area contributed by atoms with Gasteiger partial charge >= 0.3 is 5.97 Å². The number of amides is 1. The highest BCUT2D eigenvalue weighted by Crippen LogP contribution is 2.18. The molecule has 0 bridgehead atoms. The zero-order chi connectivity index (χ0) is 17.1. The van der Waals surface area contributed by atoms with Gasteiger partial charge in [0.1, 0.15) is 0 Å². The van der Waals surface area contributed by atoms with Crippen molar-refractivity contribution in [2.75, 3.05) is 11.9 Å². The SMILES string of the molecule is C=C/C=C(\C=C)c1ccc(NC(=O)CCCOC(=O)C=C)cc1. The molecular weight excluding hydrogens is 290 g/mol. The van der Waals surface area contributed by atoms with Crippen molar-refractivity contribution in [1.29, 1.82) is 0 Å². The molecule has 0 aliphatic carbocycles. The number of anilines is 1. The van der Waals surface area contributed by atoms with Gasteiger partial charge in [0.2, 0.25) is 5.91 Å². The molecule has 120 valence electrons. The first-order chi connectivity index (χ1) is 11.1. The summed E-state index contributed by atoms with van der Waals surface area (Å²) in [6.07, 6.45) is 7.16. The Hall–Kier alpha value is -2.88. The molecule has 1 aromatic carbocycles. The Bertz CT molecular complexity index is 612. The van der Waals surface area contributed by atoms with E-state index in [1.165, 1.54) is 0 Å². The van der Waals surface area contributed by atoms with Crippen molar-refractivity contribution in [2.24, 2.45) is 0 Å². The Kier molecular flexibility index (Phi) is 7.86. The largest absolute Gasteiger partial charge is 0.463 e. The van der Waals surface area contributed by atoms with Gasteiger partial charge in [0, 0.05) is 18.2 Å². The monoisotopic (exact) mass is 311 g/mol. The number of carbonyl (C=O) groups excluding carboxylic acids is 2. The number of allylic oxidation sites excluding steroid dienone is 4. The number of ether oxygens (including phenoxy) is 1. The molecule has 1 aromatic rings. The molecule has 0 saturated heterocycles. The fourth-order valence-corrected chi connectivity index (χ4v) is 1.84. The normalized spacial score (nSPS) is 10.5. The molecule has 4 nitrogen and oxygen atoms in total. The highest BCUT2D eigenvalue weighted by atomic mass is 16.5. The Morgan fingerprint density at radius 3 is 2.35 bits per heavy atom. The molecule has 0 radical (unpaired) electrons. The molecule has 0 aliphatic rings. The van der Waals surface area contributed by atoms with E-state index in [0.29, 0.717) is 12.1 Å². The lowest BCUT2D eigenvalue weighted by atomic mass is 10.1. The average Bonchev–Trinajstić information content (AvgIpc) is 2.57. The van der Waals surface area contributed by atoms with E-state index in [0.717, 1.165) is 17.2 Å². The molecule has 4 heteroatoms. The van der Waals surface area contributed by atoms with Gasteiger partial charge in [0.05, 0.1) is 6.61 Å². The van der Waals surface area contributed by atoms with Crippen LogP contribution >= 0.6 is 0 Å². The maximum Gasteiger partial charge on any atom is 0.330 e. The lowest BCUT2D eigenvalue weighted by molar-refractivity contribution is -0.138. The van der Waals surface area contributed by atoms with E-state index in [-0.39, 0.29) is 18.9 Å². The molecule has 0 aliphatic heterocycles. The van der Waals surface area contributed by atoms with Gasteiger partial charge in [0.25, 0.3) is 0 Å². The third kappa shape index (κ3) is 6.61. The van der Waals surface area contributed by atoms with E-state index in [9.17, 15) is 9.59 Å². The van der Waals surface area contributed by atoms with Crippen LogP contribution in [0.1, 0.15) is 18.4 Å². The molecule has 1 N–H and O–H groups in total. The minimum atomic E-state index is -0.480. The molecule has 1 rings (SSSR count). The summed E-state index contributed by atoms with van der Waals surface area (Å²) in [4.78, 5) is 22.6. The number of esters is 1. The van der Waals surface area contributed by atoms with Crippen molar-refractivity contribution < 1.29 is 14.3 Å². The first kappa shape index (κ1) is 18.2. The van der Waals surface area contributed by atoms with E-state index < -0.39 is 5.97 Å². The zero-order valence-electron chi connectivity index (χ0n) is 13.1. The predicted molar refractivity (Wildman–Crippen MR) is 93.8 cm³/mol. The van der Waals surface area contributed by atoms with Gasteiger partial charge in [-0.1, -0.05) is 50.1 Å². The Labute approximate surface area is 136 Å². The van der Waals surface area contributed by atoms with Crippen LogP contribution in [0.5, 0.6) is 0 Å². The summed E-state index contributed by atoms with van der Waals surface area (Å²) < 4.78 is 4.81. The number of rotatable bonds is 9. The third-order valence-corrected chi connectivity index (χ3v) is 2.98. The van der Waals surface area contributed by atoms with E-state index in [4.69, 9.17) is 4.74 Å². The van der Waals surface area contributed by atoms with Crippen LogP contribution in [0.25, 0.3) is 5.57 Å². The molecule has 0 fully saturated rings. The number of benzene rings is 1. The van der Waals surface area contributed by atoms with Gasteiger partial charge in [0.15, 0.2) is 0 Å². The smallest absolute Gasteiger partial charge is 0.330 e. The predicted octanol–water partition coefficient (Wildman–Crippen LogP) is 3.89. The van der Waals surface area contributed by atoms with Gasteiger partial charge in [-0.05, 0) is 29.7 Å². The van der Waals surface area contributed by atoms with Crippen molar-refractivity contribution >= 4 is 23.1 Å². The van der Waals surface area contributed by atoms with Crippen molar-refractivity contribution in [3.05, 3.63) is 73.9 Å². The third-order valence-electron chi connectivity index (χ3n) is 2.98. The van der Waals surface area contributed by atoms with Crippen molar-refractivity contribution in [3.8, 4) is 0 Å². The summed E-state index contributed by atoms with van der Waals surface area (Å²) in [5.41, 5.74) is 2.67. The number of carbonyl (C=O) groups is 2. The van der Waals surface area contributed by atoms with Crippen molar-refractivity contribution in [3.63, 3.8) is 0 Å². The van der Waals surface area contributed by atoms with Crippen LogP contribution in [-0.4, -0.2) is 18.5 Å². The van der Waals surface area contributed by atoms with Crippen LogP contribution in [0.2, 0.25) is 0 Å². The molecule has 0 aromatic heterocycles. The first-order valence-corrected chi connectivity index (χ1v) is 7.25. The lowest BCUT2D eigenvalue weighted by Gasteiger charge is -2.07. The highest BCUT2D eigenvalue weighted by Gasteiger charge is 2.04. The van der Waals surface area contributed by atoms with E-state index in [1.54, 1.807) is 12.2 Å². The van der Waals surface area contributed by atoms with Crippen LogP contribution < -0.4 is 5.32 Å². The molecule has 23 heavy (non-hydrogen) atoms. The minimum absolute atomic E-state index is 0.127. The summed E-state index contributed by atoms with van der Waals surface area (Å²) in [5.74, 6) is -0.607. The molecule has 1 amide bonds. The second-order valence-electron chi connectivity index (χ2n) is 4.66. The summed E-state index contributed by atoms with van der Waals surface area (Å²) in [7, 11) is 0. The van der Waals surface area contributed by atoms with Gasteiger partial charge in [-0.25, -0.2) is 4.79 Å². The van der Waals surface area contributed by atoms with Crippen molar-refractivity contribution in [2.45, 2.75) is 12.8 Å². The second-order valence-corrected chi connectivity index (χ2v) is 4.66. The number of hydrogen-bond donors (Lipinski definition) is 1. The molecule has 0 heterocycles. The Balaban J connectivity index is 2.48. The van der Waals surface area contributed by atoms with Crippen LogP contribution in [0, 0.1) is 0 Å². The molecule has 0 unspecified atom stereocenters. The quantitative estimate of drug-likeness (QED) is 0.326. The second kappa shape index (κ2) is 9.95. The molecule has 0 saturated carbocycles. The van der Waals surface area contributed by atoms with Crippen molar-refractivity contribution in [1.82, 2.24) is 0 Å². The van der Waals surface area contributed by atoms with Crippen LogP contribution in [0.4, 0.5) is 5.69 Å². The van der Waals surface area contributed by atoms with Crippen LogP contribution in [0.15, 0.2) is 68.3 Å². The molecular formula is C19H21NO3. The summed E-state index contributed by atoms with van der Waals surface area (Å²) >= 11 is 0. The lowest BCUT2D eigenvalue weighted by Crippen LogP contribution is -2.13. The summed E-state index contributed by atoms with van der Waals surface area (Å²) in [6.45, 7) is 10.9. The van der Waals surface area contributed by atoms with Gasteiger partial charge in [-0.3, -0.25) is 4.79 Å². The molecule has 0 atom stereocenters. The van der Waals surface area contributed by atoms with Gasteiger partial charge < -0.3 is 10.1 Å². The van der Waals surface area contributed by atoms with E-state index >= 15 is 0 Å². The topological polar surface area (TPSA) is 55.4 Å². The summed E-state index contributed by atoms with van der Waals surface area (Å²) in [6, 6.07) is 7.45. The standard InChI is InChI=1S/C19H21NO3/c1-4-8-15(5-2)16-10-12-17(13-11-16)20-18(21)9-7-14-23-19(22)6-3/h4-6,8,10-13H,1-3,7,9,14H2,(H,20,21)/b15-8+. The maximum atomic E-state index is 11.8. The van der Waals surface area contributed by atoms with Gasteiger partial charge in [-0.15, -0.1) is 0 Å². The average molecular weight is 311 g/mol. The fourth-order valence-electron chi connectivity index (χ4n) is 1.84. The van der Waals surface area contributed by atoms with Crippen LogP contribution in [-0.2, 0) is 14.3 Å².